The molecule has 0 bridgehead atoms. The summed E-state index contributed by atoms with van der Waals surface area (Å²) in [6, 6.07) is 3.87. The van der Waals surface area contributed by atoms with Gasteiger partial charge in [-0.15, -0.1) is 5.10 Å². The molecule has 4 nitrogen and oxygen atoms in total. The van der Waals surface area contributed by atoms with Crippen LogP contribution in [0, 0.1) is 12.3 Å². The topological polar surface area (TPSA) is 58.0 Å². The Balaban J connectivity index is 1.93. The van der Waals surface area contributed by atoms with E-state index in [9.17, 15) is 5.11 Å². The van der Waals surface area contributed by atoms with Gasteiger partial charge in [-0.25, -0.2) is 0 Å². The zero-order chi connectivity index (χ0) is 11.4. The number of nitrogens with one attached hydrogen (secondary N) is 1. The van der Waals surface area contributed by atoms with E-state index in [1.54, 1.807) is 0 Å². The molecule has 0 aromatic carbocycles. The number of hydrogen-bond donors (Lipinski definition) is 2. The maximum Gasteiger partial charge on any atom is 0.148 e. The first kappa shape index (κ1) is 11.3. The standard InChI is InChI=1S/C12H19N3O/c1-10-4-5-11(15-14-10)13-8-12(9-16)6-2-3-7-12/h4-5,16H,2-3,6-9H2,1H3,(H,13,15). The highest BCUT2D eigenvalue weighted by molar-refractivity contribution is 5.33. The first-order chi connectivity index (χ1) is 7.74. The normalized spacial score (nSPS) is 18.6. The Morgan fingerprint density at radius 2 is 2.06 bits per heavy atom. The number of rotatable bonds is 4. The van der Waals surface area contributed by atoms with Crippen LogP contribution in [0.5, 0.6) is 0 Å². The Morgan fingerprint density at radius 1 is 1.31 bits per heavy atom. The Morgan fingerprint density at radius 3 is 2.62 bits per heavy atom. The molecule has 0 radical (unpaired) electrons. The molecule has 1 heterocycles. The van der Waals surface area contributed by atoms with Crippen molar-refractivity contribution in [1.82, 2.24) is 10.2 Å². The van der Waals surface area contributed by atoms with Crippen molar-refractivity contribution in [1.29, 1.82) is 0 Å². The summed E-state index contributed by atoms with van der Waals surface area (Å²) in [7, 11) is 0. The Kier molecular flexibility index (Phi) is 3.39. The fraction of sp³-hybridized carbons (Fsp3) is 0.667. The molecule has 1 aliphatic rings. The third-order valence-electron chi connectivity index (χ3n) is 3.44. The second-order valence-electron chi connectivity index (χ2n) is 4.78. The van der Waals surface area contributed by atoms with Crippen molar-refractivity contribution in [2.45, 2.75) is 32.6 Å². The highest BCUT2D eigenvalue weighted by atomic mass is 16.3. The molecule has 0 atom stereocenters. The minimum atomic E-state index is 0.0621. The van der Waals surface area contributed by atoms with Crippen molar-refractivity contribution in [3.63, 3.8) is 0 Å². The predicted molar refractivity (Wildman–Crippen MR) is 63.2 cm³/mol. The molecular weight excluding hydrogens is 202 g/mol. The molecule has 2 rings (SSSR count). The van der Waals surface area contributed by atoms with Gasteiger partial charge >= 0.3 is 0 Å². The van der Waals surface area contributed by atoms with Crippen LogP contribution >= 0.6 is 0 Å². The van der Waals surface area contributed by atoms with Crippen molar-refractivity contribution < 1.29 is 5.11 Å². The Bertz CT molecular complexity index is 331. The first-order valence-electron chi connectivity index (χ1n) is 5.89. The zero-order valence-corrected chi connectivity index (χ0v) is 9.74. The van der Waals surface area contributed by atoms with Crippen LogP contribution in [0.3, 0.4) is 0 Å². The highest BCUT2D eigenvalue weighted by Crippen LogP contribution is 2.37. The van der Waals surface area contributed by atoms with Gasteiger partial charge in [0.1, 0.15) is 5.82 Å². The molecule has 88 valence electrons. The largest absolute Gasteiger partial charge is 0.396 e. The monoisotopic (exact) mass is 221 g/mol. The third kappa shape index (κ3) is 2.50. The molecule has 16 heavy (non-hydrogen) atoms. The van der Waals surface area contributed by atoms with E-state index in [1.807, 2.05) is 19.1 Å². The summed E-state index contributed by atoms with van der Waals surface area (Å²) in [6.07, 6.45) is 4.66. The molecular formula is C12H19N3O. The molecule has 0 amide bonds. The van der Waals surface area contributed by atoms with Gasteiger partial charge in [0.15, 0.2) is 0 Å². The zero-order valence-electron chi connectivity index (χ0n) is 9.74. The molecule has 4 heteroatoms. The maximum atomic E-state index is 9.46. The molecule has 0 saturated heterocycles. The summed E-state index contributed by atoms with van der Waals surface area (Å²) >= 11 is 0. The van der Waals surface area contributed by atoms with Crippen LogP contribution in [0.25, 0.3) is 0 Å². The summed E-state index contributed by atoms with van der Waals surface area (Å²) in [5, 5.41) is 20.8. The van der Waals surface area contributed by atoms with Crippen LogP contribution in [0.4, 0.5) is 5.82 Å². The fourth-order valence-electron chi connectivity index (χ4n) is 2.29. The summed E-state index contributed by atoms with van der Waals surface area (Å²) in [5.41, 5.74) is 0.982. The number of aromatic nitrogens is 2. The fourth-order valence-corrected chi connectivity index (χ4v) is 2.29. The lowest BCUT2D eigenvalue weighted by Crippen LogP contribution is -2.30. The van der Waals surface area contributed by atoms with Crippen molar-refractivity contribution in [2.75, 3.05) is 18.5 Å². The minimum absolute atomic E-state index is 0.0621. The number of aryl methyl sites for hydroxylation is 1. The van der Waals surface area contributed by atoms with Crippen molar-refractivity contribution in [3.05, 3.63) is 17.8 Å². The SMILES string of the molecule is Cc1ccc(NCC2(CO)CCCC2)nn1. The van der Waals surface area contributed by atoms with Gasteiger partial charge in [0.05, 0.1) is 12.3 Å². The Hall–Kier alpha value is -1.16. The number of nitrogens with zero attached hydrogens (tertiary/aromatic N) is 2. The second kappa shape index (κ2) is 4.78. The van der Waals surface area contributed by atoms with Crippen LogP contribution < -0.4 is 5.32 Å². The van der Waals surface area contributed by atoms with Crippen LogP contribution in [-0.2, 0) is 0 Å². The lowest BCUT2D eigenvalue weighted by atomic mass is 9.87. The average molecular weight is 221 g/mol. The highest BCUT2D eigenvalue weighted by Gasteiger charge is 2.32. The third-order valence-corrected chi connectivity index (χ3v) is 3.44. The van der Waals surface area contributed by atoms with E-state index in [-0.39, 0.29) is 12.0 Å². The summed E-state index contributed by atoms with van der Waals surface area (Å²) < 4.78 is 0. The average Bonchev–Trinajstić information content (AvgIpc) is 2.78. The summed E-state index contributed by atoms with van der Waals surface area (Å²) in [4.78, 5) is 0. The molecule has 1 aromatic rings. The van der Waals surface area contributed by atoms with E-state index in [0.717, 1.165) is 30.9 Å². The molecule has 2 N–H and O–H groups in total. The molecule has 1 fully saturated rings. The van der Waals surface area contributed by atoms with Gasteiger partial charge in [-0.2, -0.15) is 5.10 Å². The quantitative estimate of drug-likeness (QED) is 0.813. The number of aliphatic hydroxyl groups excluding tert-OH is 1. The van der Waals surface area contributed by atoms with E-state index in [2.05, 4.69) is 15.5 Å². The summed E-state index contributed by atoms with van der Waals surface area (Å²) in [5.74, 6) is 0.797. The van der Waals surface area contributed by atoms with Gasteiger partial charge < -0.3 is 10.4 Å². The van der Waals surface area contributed by atoms with Gasteiger partial charge in [0.2, 0.25) is 0 Å². The van der Waals surface area contributed by atoms with E-state index in [1.165, 1.54) is 12.8 Å². The lowest BCUT2D eigenvalue weighted by Gasteiger charge is -2.26. The van der Waals surface area contributed by atoms with Gasteiger partial charge in [0, 0.05) is 12.0 Å². The number of hydrogen-bond acceptors (Lipinski definition) is 4. The van der Waals surface area contributed by atoms with Gasteiger partial charge in [-0.3, -0.25) is 0 Å². The summed E-state index contributed by atoms with van der Waals surface area (Å²) in [6.45, 7) is 2.98. The minimum Gasteiger partial charge on any atom is -0.396 e. The molecule has 1 saturated carbocycles. The maximum absolute atomic E-state index is 9.46. The van der Waals surface area contributed by atoms with E-state index in [4.69, 9.17) is 0 Å². The van der Waals surface area contributed by atoms with Crippen LogP contribution in [0.1, 0.15) is 31.4 Å². The molecule has 0 aliphatic heterocycles. The lowest BCUT2D eigenvalue weighted by molar-refractivity contribution is 0.142. The van der Waals surface area contributed by atoms with Crippen molar-refractivity contribution in [2.24, 2.45) is 5.41 Å². The number of anilines is 1. The predicted octanol–water partition coefficient (Wildman–Crippen LogP) is 1.75. The van der Waals surface area contributed by atoms with Crippen LogP contribution in [-0.4, -0.2) is 28.5 Å². The Labute approximate surface area is 96.1 Å². The number of aliphatic hydroxyl groups is 1. The van der Waals surface area contributed by atoms with Gasteiger partial charge in [-0.05, 0) is 31.9 Å². The van der Waals surface area contributed by atoms with E-state index < -0.39 is 0 Å². The molecule has 0 spiro atoms. The first-order valence-corrected chi connectivity index (χ1v) is 5.89. The molecule has 1 aliphatic carbocycles. The van der Waals surface area contributed by atoms with Crippen LogP contribution in [0.2, 0.25) is 0 Å². The molecule has 1 aromatic heterocycles. The van der Waals surface area contributed by atoms with Crippen molar-refractivity contribution in [3.8, 4) is 0 Å². The second-order valence-corrected chi connectivity index (χ2v) is 4.78. The molecule has 0 unspecified atom stereocenters. The smallest absolute Gasteiger partial charge is 0.148 e. The van der Waals surface area contributed by atoms with Gasteiger partial charge in [0.25, 0.3) is 0 Å². The van der Waals surface area contributed by atoms with E-state index in [0.29, 0.717) is 0 Å². The van der Waals surface area contributed by atoms with E-state index >= 15 is 0 Å². The van der Waals surface area contributed by atoms with Gasteiger partial charge in [-0.1, -0.05) is 12.8 Å². The van der Waals surface area contributed by atoms with Crippen LogP contribution in [0.15, 0.2) is 12.1 Å². The van der Waals surface area contributed by atoms with Crippen molar-refractivity contribution >= 4 is 5.82 Å².